The molecular formula is C21H29Cl2N5O2. The Kier molecular flexibility index (Phi) is 6.95. The highest BCUT2D eigenvalue weighted by atomic mass is 35.5. The molecule has 2 saturated heterocycles. The van der Waals surface area contributed by atoms with Gasteiger partial charge < -0.3 is 19.4 Å². The molecule has 3 aliphatic rings. The molecule has 0 aromatic carbocycles. The van der Waals surface area contributed by atoms with Gasteiger partial charge in [-0.05, 0) is 43.9 Å². The highest BCUT2D eigenvalue weighted by molar-refractivity contribution is 5.85. The third-order valence-electron chi connectivity index (χ3n) is 6.62. The molecule has 3 aliphatic heterocycles. The van der Waals surface area contributed by atoms with E-state index in [1.807, 2.05) is 28.4 Å². The van der Waals surface area contributed by atoms with Crippen molar-refractivity contribution in [3.63, 3.8) is 0 Å². The molecule has 0 radical (unpaired) electrons. The molecule has 0 spiro atoms. The number of fused-ring (bicyclic) bond motifs is 4. The lowest BCUT2D eigenvalue weighted by molar-refractivity contribution is -0.138. The fraction of sp³-hybridized carbons (Fsp3) is 0.571. The number of likely N-dealkylation sites (tertiary alicyclic amines) is 1. The molecular weight excluding hydrogens is 425 g/mol. The van der Waals surface area contributed by atoms with E-state index in [1.165, 1.54) is 0 Å². The van der Waals surface area contributed by atoms with E-state index in [9.17, 15) is 9.59 Å². The predicted octanol–water partition coefficient (Wildman–Crippen LogP) is 2.04. The molecule has 30 heavy (non-hydrogen) atoms. The maximum Gasteiger partial charge on any atom is 0.261 e. The number of aromatic nitrogens is 3. The van der Waals surface area contributed by atoms with Gasteiger partial charge >= 0.3 is 0 Å². The standard InChI is InChI=1S/C21H27N5O2.2ClH/c1-24-8-7-23-19(24)17-4-5-18-16-9-14(12-26(18)21(17)28)11-25(13-16)20(27)15-3-2-6-22-10-15;;/h4-5,7-8,14-16,22H,2-3,6,9-13H2,1H3;2*1H/t14-,15-,16+;;/m0../s1. The summed E-state index contributed by atoms with van der Waals surface area (Å²) in [6.07, 6.45) is 6.70. The van der Waals surface area contributed by atoms with Crippen molar-refractivity contribution in [3.05, 3.63) is 40.6 Å². The summed E-state index contributed by atoms with van der Waals surface area (Å²) in [6.45, 7) is 4.00. The number of rotatable bonds is 2. The maximum atomic E-state index is 13.2. The van der Waals surface area contributed by atoms with Gasteiger partial charge in [0.25, 0.3) is 5.56 Å². The number of piperidine rings is 2. The number of carbonyl (C=O) groups excluding carboxylic acids is 1. The summed E-state index contributed by atoms with van der Waals surface area (Å²) in [5, 5.41) is 3.35. The number of carbonyl (C=O) groups is 1. The molecule has 0 aliphatic carbocycles. The van der Waals surface area contributed by atoms with Crippen LogP contribution in [0.5, 0.6) is 0 Å². The van der Waals surface area contributed by atoms with E-state index in [1.54, 1.807) is 6.20 Å². The summed E-state index contributed by atoms with van der Waals surface area (Å²) >= 11 is 0. The molecule has 0 saturated carbocycles. The van der Waals surface area contributed by atoms with Gasteiger partial charge in [0, 0.05) is 57.2 Å². The predicted molar refractivity (Wildman–Crippen MR) is 120 cm³/mol. The second-order valence-corrected chi connectivity index (χ2v) is 8.53. The lowest BCUT2D eigenvalue weighted by Gasteiger charge is -2.44. The number of hydrogen-bond donors (Lipinski definition) is 1. The van der Waals surface area contributed by atoms with Crippen LogP contribution in [0.4, 0.5) is 0 Å². The number of nitrogens with zero attached hydrogens (tertiary/aromatic N) is 4. The van der Waals surface area contributed by atoms with E-state index in [0.29, 0.717) is 29.8 Å². The Bertz CT molecular complexity index is 967. The van der Waals surface area contributed by atoms with Gasteiger partial charge in [-0.2, -0.15) is 0 Å². The number of imidazole rings is 1. The van der Waals surface area contributed by atoms with Gasteiger partial charge in [0.2, 0.25) is 5.91 Å². The Labute approximate surface area is 188 Å². The van der Waals surface area contributed by atoms with Crippen molar-refractivity contribution in [2.45, 2.75) is 31.7 Å². The lowest BCUT2D eigenvalue weighted by atomic mass is 9.82. The van der Waals surface area contributed by atoms with Crippen molar-refractivity contribution in [1.29, 1.82) is 0 Å². The third kappa shape index (κ3) is 3.90. The monoisotopic (exact) mass is 453 g/mol. The molecule has 164 valence electrons. The zero-order chi connectivity index (χ0) is 19.3. The van der Waals surface area contributed by atoms with Crippen LogP contribution in [-0.4, -0.2) is 51.1 Å². The van der Waals surface area contributed by atoms with Crippen molar-refractivity contribution in [3.8, 4) is 11.4 Å². The highest BCUT2D eigenvalue weighted by Gasteiger charge is 2.38. The molecule has 0 unspecified atom stereocenters. The molecule has 1 amide bonds. The van der Waals surface area contributed by atoms with Gasteiger partial charge in [0.05, 0.1) is 11.5 Å². The van der Waals surface area contributed by atoms with Crippen LogP contribution in [0.3, 0.4) is 0 Å². The molecule has 3 atom stereocenters. The second kappa shape index (κ2) is 9.12. The smallest absolute Gasteiger partial charge is 0.261 e. The summed E-state index contributed by atoms with van der Waals surface area (Å²) < 4.78 is 3.82. The van der Waals surface area contributed by atoms with Gasteiger partial charge in [0.1, 0.15) is 5.82 Å². The molecule has 2 aromatic rings. The summed E-state index contributed by atoms with van der Waals surface area (Å²) in [4.78, 5) is 32.6. The second-order valence-electron chi connectivity index (χ2n) is 8.53. The van der Waals surface area contributed by atoms with E-state index in [4.69, 9.17) is 0 Å². The summed E-state index contributed by atoms with van der Waals surface area (Å²) in [7, 11) is 1.91. The van der Waals surface area contributed by atoms with Crippen molar-refractivity contribution in [2.75, 3.05) is 26.2 Å². The first kappa shape index (κ1) is 22.8. The van der Waals surface area contributed by atoms with Crippen molar-refractivity contribution >= 4 is 30.7 Å². The van der Waals surface area contributed by atoms with Crippen LogP contribution < -0.4 is 10.9 Å². The van der Waals surface area contributed by atoms with Gasteiger partial charge in [-0.1, -0.05) is 0 Å². The average molecular weight is 454 g/mol. The van der Waals surface area contributed by atoms with Gasteiger partial charge in [-0.3, -0.25) is 9.59 Å². The van der Waals surface area contributed by atoms with Crippen LogP contribution in [0.1, 0.15) is 30.9 Å². The van der Waals surface area contributed by atoms with Crippen LogP contribution in [0.2, 0.25) is 0 Å². The van der Waals surface area contributed by atoms with E-state index in [0.717, 1.165) is 51.1 Å². The van der Waals surface area contributed by atoms with E-state index < -0.39 is 0 Å². The SMILES string of the molecule is Cl.Cl.Cn1ccnc1-c1ccc2n(c1=O)C[C@H]1C[C@@H]2CN(C(=O)[C@H]2CCCNC2)C1. The summed E-state index contributed by atoms with van der Waals surface area (Å²) in [6, 6.07) is 3.98. The van der Waals surface area contributed by atoms with Crippen LogP contribution in [0, 0.1) is 11.8 Å². The number of amides is 1. The largest absolute Gasteiger partial charge is 0.341 e. The Balaban J connectivity index is 0.00000128. The summed E-state index contributed by atoms with van der Waals surface area (Å²) in [5.41, 5.74) is 1.76. The van der Waals surface area contributed by atoms with Crippen molar-refractivity contribution < 1.29 is 4.79 Å². The Morgan fingerprint density at radius 1 is 1.20 bits per heavy atom. The first-order valence-electron chi connectivity index (χ1n) is 10.3. The minimum Gasteiger partial charge on any atom is -0.341 e. The first-order chi connectivity index (χ1) is 13.6. The van der Waals surface area contributed by atoms with Gasteiger partial charge in [-0.25, -0.2) is 4.98 Å². The van der Waals surface area contributed by atoms with E-state index in [-0.39, 0.29) is 42.2 Å². The normalized spacial score (nSPS) is 25.0. The zero-order valence-corrected chi connectivity index (χ0v) is 18.8. The summed E-state index contributed by atoms with van der Waals surface area (Å²) in [5.74, 6) is 1.71. The number of hydrogen-bond acceptors (Lipinski definition) is 4. The van der Waals surface area contributed by atoms with E-state index >= 15 is 0 Å². The minimum atomic E-state index is 0. The van der Waals surface area contributed by atoms with Crippen LogP contribution >= 0.6 is 24.8 Å². The highest BCUT2D eigenvalue weighted by Crippen LogP contribution is 2.36. The first-order valence-corrected chi connectivity index (χ1v) is 10.3. The molecule has 1 N–H and O–H groups in total. The minimum absolute atomic E-state index is 0. The molecule has 2 fully saturated rings. The molecule has 9 heteroatoms. The maximum absolute atomic E-state index is 13.2. The molecule has 5 heterocycles. The fourth-order valence-electron chi connectivity index (χ4n) is 5.24. The van der Waals surface area contributed by atoms with Gasteiger partial charge in [-0.15, -0.1) is 24.8 Å². The molecule has 2 bridgehead atoms. The Morgan fingerprint density at radius 3 is 2.73 bits per heavy atom. The van der Waals surface area contributed by atoms with Crippen LogP contribution in [0.25, 0.3) is 11.4 Å². The van der Waals surface area contributed by atoms with E-state index in [2.05, 4.69) is 21.3 Å². The average Bonchev–Trinajstić information content (AvgIpc) is 3.14. The Hall–Kier alpha value is -1.83. The Morgan fingerprint density at radius 2 is 2.03 bits per heavy atom. The number of pyridine rings is 1. The number of nitrogens with one attached hydrogen (secondary N) is 1. The topological polar surface area (TPSA) is 72.2 Å². The van der Waals surface area contributed by atoms with Gasteiger partial charge in [0.15, 0.2) is 0 Å². The van der Waals surface area contributed by atoms with Crippen LogP contribution in [-0.2, 0) is 18.4 Å². The number of aryl methyl sites for hydroxylation is 1. The zero-order valence-electron chi connectivity index (χ0n) is 17.1. The third-order valence-corrected chi connectivity index (χ3v) is 6.62. The number of halogens is 2. The molecule has 2 aromatic heterocycles. The van der Waals surface area contributed by atoms with Crippen molar-refractivity contribution in [2.24, 2.45) is 18.9 Å². The fourth-order valence-corrected chi connectivity index (χ4v) is 5.24. The van der Waals surface area contributed by atoms with Crippen LogP contribution in [0.15, 0.2) is 29.3 Å². The molecule has 5 rings (SSSR count). The van der Waals surface area contributed by atoms with Crippen molar-refractivity contribution in [1.82, 2.24) is 24.3 Å². The lowest BCUT2D eigenvalue weighted by Crippen LogP contribution is -2.52. The molecule has 7 nitrogen and oxygen atoms in total. The quantitative estimate of drug-likeness (QED) is 0.754.